The van der Waals surface area contributed by atoms with E-state index < -0.39 is 11.9 Å². The number of likely N-dealkylation sites (tertiary alicyclic amines) is 1. The molecule has 3 rings (SSSR count). The number of hydrogen-bond donors (Lipinski definition) is 1. The maximum absolute atomic E-state index is 12.2. The molecule has 0 bridgehead atoms. The first-order valence-electron chi connectivity index (χ1n) is 7.82. The molecule has 1 heterocycles. The van der Waals surface area contributed by atoms with Crippen molar-refractivity contribution in [1.82, 2.24) is 4.90 Å². The van der Waals surface area contributed by atoms with Crippen LogP contribution in [-0.4, -0.2) is 41.1 Å². The van der Waals surface area contributed by atoms with Crippen molar-refractivity contribution in [2.75, 3.05) is 13.1 Å². The number of carboxylic acids is 1. The van der Waals surface area contributed by atoms with Gasteiger partial charge in [-0.15, -0.1) is 0 Å². The molecule has 1 aromatic rings. The van der Waals surface area contributed by atoms with Crippen LogP contribution >= 0.6 is 0 Å². The zero-order valence-electron chi connectivity index (χ0n) is 12.5. The van der Waals surface area contributed by atoms with E-state index in [2.05, 4.69) is 0 Å². The number of ether oxygens (including phenoxy) is 1. The minimum Gasteiger partial charge on any atom is -0.481 e. The summed E-state index contributed by atoms with van der Waals surface area (Å²) >= 11 is 0. The monoisotopic (exact) mass is 303 g/mol. The van der Waals surface area contributed by atoms with E-state index in [0.29, 0.717) is 26.1 Å². The minimum absolute atomic E-state index is 0.00825. The Labute approximate surface area is 129 Å². The Bertz CT molecular complexity index is 537. The summed E-state index contributed by atoms with van der Waals surface area (Å²) < 4.78 is 5.90. The molecular weight excluding hydrogens is 282 g/mol. The summed E-state index contributed by atoms with van der Waals surface area (Å²) in [5.74, 6) is -1.59. The van der Waals surface area contributed by atoms with Crippen LogP contribution in [0.15, 0.2) is 30.3 Å². The molecule has 2 aliphatic rings. The van der Waals surface area contributed by atoms with Gasteiger partial charge in [0.05, 0.1) is 24.5 Å². The topological polar surface area (TPSA) is 66.8 Å². The second-order valence-electron chi connectivity index (χ2n) is 6.11. The van der Waals surface area contributed by atoms with E-state index >= 15 is 0 Å². The minimum atomic E-state index is -0.848. The second kappa shape index (κ2) is 6.48. The third-order valence-corrected chi connectivity index (χ3v) is 4.51. The predicted octanol–water partition coefficient (Wildman–Crippen LogP) is 1.91. The van der Waals surface area contributed by atoms with Crippen LogP contribution in [0.2, 0.25) is 0 Å². The number of carbonyl (C=O) groups is 2. The molecule has 22 heavy (non-hydrogen) atoms. The van der Waals surface area contributed by atoms with Crippen LogP contribution in [-0.2, 0) is 20.9 Å². The number of benzene rings is 1. The number of nitrogens with zero attached hydrogens (tertiary/aromatic N) is 1. The summed E-state index contributed by atoms with van der Waals surface area (Å²) in [7, 11) is 0. The van der Waals surface area contributed by atoms with Gasteiger partial charge in [0, 0.05) is 13.1 Å². The highest BCUT2D eigenvalue weighted by atomic mass is 16.5. The molecule has 1 saturated carbocycles. The Balaban J connectivity index is 1.41. The van der Waals surface area contributed by atoms with Crippen LogP contribution in [0.25, 0.3) is 0 Å². The van der Waals surface area contributed by atoms with Gasteiger partial charge >= 0.3 is 5.97 Å². The lowest BCUT2D eigenvalue weighted by molar-refractivity contribution is -0.142. The second-order valence-corrected chi connectivity index (χ2v) is 6.11. The van der Waals surface area contributed by atoms with E-state index in [1.54, 1.807) is 4.90 Å². The largest absolute Gasteiger partial charge is 0.481 e. The third kappa shape index (κ3) is 3.47. The zero-order chi connectivity index (χ0) is 15.5. The maximum atomic E-state index is 12.2. The first-order valence-corrected chi connectivity index (χ1v) is 7.82. The number of amides is 1. The van der Waals surface area contributed by atoms with Gasteiger partial charge in [0.2, 0.25) is 5.91 Å². The molecule has 2 atom stereocenters. The number of aliphatic carboxylic acids is 1. The van der Waals surface area contributed by atoms with Crippen LogP contribution in [0, 0.1) is 11.8 Å². The molecular formula is C17H21NO4. The van der Waals surface area contributed by atoms with E-state index in [1.165, 1.54) is 0 Å². The normalized spacial score (nSPS) is 25.0. The summed E-state index contributed by atoms with van der Waals surface area (Å²) in [6.07, 6.45) is 2.32. The first kappa shape index (κ1) is 15.0. The number of hydrogen-bond acceptors (Lipinski definition) is 3. The third-order valence-electron chi connectivity index (χ3n) is 4.51. The van der Waals surface area contributed by atoms with Crippen molar-refractivity contribution in [1.29, 1.82) is 0 Å². The average Bonchev–Trinajstić information content (AvgIpc) is 3.35. The standard InChI is InChI=1S/C17H21NO4/c19-16(14-10-15(14)17(20)21)18-8-6-13(7-9-18)22-11-12-4-2-1-3-5-12/h1-5,13-15H,6-11H2,(H,20,21)/t14-,15+/m1/s1. The highest BCUT2D eigenvalue weighted by Gasteiger charge is 2.50. The summed E-state index contributed by atoms with van der Waals surface area (Å²) in [6, 6.07) is 10.0. The van der Waals surface area contributed by atoms with Gasteiger partial charge < -0.3 is 14.7 Å². The van der Waals surface area contributed by atoms with E-state index in [9.17, 15) is 9.59 Å². The molecule has 1 aliphatic carbocycles. The summed E-state index contributed by atoms with van der Waals surface area (Å²) in [6.45, 7) is 1.94. The van der Waals surface area contributed by atoms with Crippen LogP contribution in [0.1, 0.15) is 24.8 Å². The van der Waals surface area contributed by atoms with Crippen LogP contribution in [0.5, 0.6) is 0 Å². The number of carbonyl (C=O) groups excluding carboxylic acids is 1. The number of rotatable bonds is 5. The molecule has 1 saturated heterocycles. The molecule has 0 aromatic heterocycles. The Kier molecular flexibility index (Phi) is 4.43. The fourth-order valence-electron chi connectivity index (χ4n) is 3.01. The fourth-order valence-corrected chi connectivity index (χ4v) is 3.01. The molecule has 118 valence electrons. The molecule has 2 fully saturated rings. The van der Waals surface area contributed by atoms with Gasteiger partial charge in [-0.25, -0.2) is 0 Å². The highest BCUT2D eigenvalue weighted by molar-refractivity contribution is 5.89. The molecule has 1 amide bonds. The Morgan fingerprint density at radius 1 is 1.14 bits per heavy atom. The average molecular weight is 303 g/mol. The van der Waals surface area contributed by atoms with Gasteiger partial charge in [-0.05, 0) is 24.8 Å². The van der Waals surface area contributed by atoms with Crippen molar-refractivity contribution in [3.05, 3.63) is 35.9 Å². The molecule has 0 unspecified atom stereocenters. The van der Waals surface area contributed by atoms with E-state index in [4.69, 9.17) is 9.84 Å². The lowest BCUT2D eigenvalue weighted by atomic mass is 10.1. The maximum Gasteiger partial charge on any atom is 0.307 e. The van der Waals surface area contributed by atoms with Crippen molar-refractivity contribution >= 4 is 11.9 Å². The molecule has 1 N–H and O–H groups in total. The van der Waals surface area contributed by atoms with Crippen molar-refractivity contribution in [3.8, 4) is 0 Å². The molecule has 0 radical (unpaired) electrons. The van der Waals surface area contributed by atoms with Crippen molar-refractivity contribution < 1.29 is 19.4 Å². The van der Waals surface area contributed by atoms with Gasteiger partial charge in [0.15, 0.2) is 0 Å². The van der Waals surface area contributed by atoms with Crippen LogP contribution in [0.3, 0.4) is 0 Å². The quantitative estimate of drug-likeness (QED) is 0.902. The SMILES string of the molecule is O=C(O)[C@H]1C[C@H]1C(=O)N1CCC(OCc2ccccc2)CC1. The van der Waals surface area contributed by atoms with E-state index in [1.807, 2.05) is 30.3 Å². The van der Waals surface area contributed by atoms with Gasteiger partial charge in [-0.1, -0.05) is 30.3 Å². The smallest absolute Gasteiger partial charge is 0.307 e. The van der Waals surface area contributed by atoms with Crippen LogP contribution < -0.4 is 0 Å². The van der Waals surface area contributed by atoms with Crippen molar-refractivity contribution in [3.63, 3.8) is 0 Å². The lowest BCUT2D eigenvalue weighted by Gasteiger charge is -2.32. The van der Waals surface area contributed by atoms with Gasteiger partial charge in [0.25, 0.3) is 0 Å². The number of piperidine rings is 1. The van der Waals surface area contributed by atoms with Gasteiger partial charge in [0.1, 0.15) is 0 Å². The number of carboxylic acid groups (broad SMARTS) is 1. The zero-order valence-corrected chi connectivity index (χ0v) is 12.5. The van der Waals surface area contributed by atoms with Crippen LogP contribution in [0.4, 0.5) is 0 Å². The molecule has 0 spiro atoms. The van der Waals surface area contributed by atoms with Crippen molar-refractivity contribution in [2.45, 2.75) is 32.0 Å². The Morgan fingerprint density at radius 3 is 2.41 bits per heavy atom. The molecule has 5 heteroatoms. The predicted molar refractivity (Wildman–Crippen MR) is 80.1 cm³/mol. The highest BCUT2D eigenvalue weighted by Crippen LogP contribution is 2.40. The molecule has 1 aromatic carbocycles. The lowest BCUT2D eigenvalue weighted by Crippen LogP contribution is -2.42. The van der Waals surface area contributed by atoms with E-state index in [0.717, 1.165) is 18.4 Å². The Hall–Kier alpha value is -1.88. The van der Waals surface area contributed by atoms with Crippen molar-refractivity contribution in [2.24, 2.45) is 11.8 Å². The summed E-state index contributed by atoms with van der Waals surface area (Å²) in [5, 5.41) is 8.90. The molecule has 1 aliphatic heterocycles. The van der Waals surface area contributed by atoms with E-state index in [-0.39, 0.29) is 17.9 Å². The summed E-state index contributed by atoms with van der Waals surface area (Å²) in [4.78, 5) is 24.8. The first-order chi connectivity index (χ1) is 10.6. The summed E-state index contributed by atoms with van der Waals surface area (Å²) in [5.41, 5.74) is 1.16. The van der Waals surface area contributed by atoms with Gasteiger partial charge in [-0.3, -0.25) is 9.59 Å². The Morgan fingerprint density at radius 2 is 1.82 bits per heavy atom. The molecule has 5 nitrogen and oxygen atoms in total. The van der Waals surface area contributed by atoms with Gasteiger partial charge in [-0.2, -0.15) is 0 Å². The fraction of sp³-hybridized carbons (Fsp3) is 0.529.